The van der Waals surface area contributed by atoms with Crippen LogP contribution in [0.2, 0.25) is 5.02 Å². The van der Waals surface area contributed by atoms with Gasteiger partial charge in [0.05, 0.1) is 23.7 Å². The van der Waals surface area contributed by atoms with E-state index in [0.29, 0.717) is 49.9 Å². The molecule has 0 saturated heterocycles. The van der Waals surface area contributed by atoms with Gasteiger partial charge in [0, 0.05) is 20.4 Å². The van der Waals surface area contributed by atoms with Crippen molar-refractivity contribution in [2.75, 3.05) is 13.2 Å². The zero-order valence-corrected chi connectivity index (χ0v) is 22.3. The second kappa shape index (κ2) is 11.2. The molecule has 0 spiro atoms. The van der Waals surface area contributed by atoms with Crippen molar-refractivity contribution in [1.29, 1.82) is 0 Å². The first-order chi connectivity index (χ1) is 15.8. The lowest BCUT2D eigenvalue weighted by atomic mass is 10.1. The monoisotopic (exact) mass is 593 g/mol. The second-order valence-corrected chi connectivity index (χ2v) is 9.24. The molecule has 9 heteroatoms. The predicted molar refractivity (Wildman–Crippen MR) is 140 cm³/mol. The summed E-state index contributed by atoms with van der Waals surface area (Å²) in [5, 5.41) is 5.27. The number of fused-ring (bicyclic) bond motifs is 1. The Morgan fingerprint density at radius 3 is 2.73 bits per heavy atom. The first-order valence-corrected chi connectivity index (χ1v) is 12.3. The molecule has 0 radical (unpaired) electrons. The van der Waals surface area contributed by atoms with Crippen LogP contribution in [0.25, 0.3) is 10.9 Å². The van der Waals surface area contributed by atoms with Crippen molar-refractivity contribution in [3.63, 3.8) is 0 Å². The highest BCUT2D eigenvalue weighted by Gasteiger charge is 2.19. The van der Waals surface area contributed by atoms with Crippen molar-refractivity contribution in [2.24, 2.45) is 5.10 Å². The minimum absolute atomic E-state index is 0.0217. The summed E-state index contributed by atoms with van der Waals surface area (Å²) in [5.74, 6) is 3.79. The van der Waals surface area contributed by atoms with Crippen molar-refractivity contribution in [1.82, 2.24) is 9.66 Å². The quantitative estimate of drug-likeness (QED) is 0.224. The average molecular weight is 596 g/mol. The zero-order valence-electron chi connectivity index (χ0n) is 18.4. The van der Waals surface area contributed by atoms with E-state index in [1.807, 2.05) is 32.9 Å². The summed E-state index contributed by atoms with van der Waals surface area (Å²) in [6.45, 7) is 6.35. The first kappa shape index (κ1) is 25.3. The Morgan fingerprint density at radius 1 is 1.30 bits per heavy atom. The van der Waals surface area contributed by atoms with Gasteiger partial charge >= 0.3 is 0 Å². The number of aromatic nitrogens is 2. The van der Waals surface area contributed by atoms with Gasteiger partial charge in [-0.25, -0.2) is 4.98 Å². The largest absolute Gasteiger partial charge is 0.490 e. The smallest absolute Gasteiger partial charge is 0.282 e. The maximum absolute atomic E-state index is 13.3. The molecule has 3 rings (SSSR count). The molecular formula is C24H22Br2ClN3O3. The van der Waals surface area contributed by atoms with E-state index in [2.05, 4.69) is 42.9 Å². The standard InChI is InChI=1S/C24H22Br2ClN3O3/c1-5-10-33-22-19(32-7-3)11-15(20(26)21(22)27)13-28-30-23(14(4)6-2)29-18-9-8-16(25)12-17(18)24(30)31/h1,8-9,11-14H,6-7,10H2,2-4H3/t14-/m1/s1. The maximum Gasteiger partial charge on any atom is 0.282 e. The van der Waals surface area contributed by atoms with Crippen LogP contribution in [-0.4, -0.2) is 29.1 Å². The summed E-state index contributed by atoms with van der Waals surface area (Å²) < 4.78 is 13.9. The predicted octanol–water partition coefficient (Wildman–Crippen LogP) is 6.38. The molecule has 6 nitrogen and oxygen atoms in total. The Labute approximate surface area is 214 Å². The lowest BCUT2D eigenvalue weighted by molar-refractivity contribution is 0.299. The number of terminal acetylenes is 1. The molecule has 1 atom stereocenters. The molecule has 172 valence electrons. The molecule has 0 saturated carbocycles. The Balaban J connectivity index is 2.18. The van der Waals surface area contributed by atoms with Crippen LogP contribution in [0, 0.1) is 12.3 Å². The van der Waals surface area contributed by atoms with E-state index in [-0.39, 0.29) is 18.1 Å². The van der Waals surface area contributed by atoms with Crippen molar-refractivity contribution >= 4 is 60.6 Å². The molecule has 1 aromatic heterocycles. The van der Waals surface area contributed by atoms with Crippen LogP contribution in [0.3, 0.4) is 0 Å². The van der Waals surface area contributed by atoms with Gasteiger partial charge in [-0.2, -0.15) is 9.78 Å². The van der Waals surface area contributed by atoms with Crippen LogP contribution in [0.5, 0.6) is 11.5 Å². The van der Waals surface area contributed by atoms with Crippen molar-refractivity contribution in [2.45, 2.75) is 33.1 Å². The van der Waals surface area contributed by atoms with Crippen molar-refractivity contribution < 1.29 is 9.47 Å². The van der Waals surface area contributed by atoms with Gasteiger partial charge in [-0.05, 0) is 53.5 Å². The van der Waals surface area contributed by atoms with E-state index in [4.69, 9.17) is 32.5 Å². The third-order valence-electron chi connectivity index (χ3n) is 4.95. The molecule has 0 N–H and O–H groups in total. The molecule has 0 aliphatic rings. The third-order valence-corrected chi connectivity index (χ3v) is 6.89. The van der Waals surface area contributed by atoms with Crippen LogP contribution in [0.1, 0.15) is 44.5 Å². The molecule has 0 aliphatic heterocycles. The first-order valence-electron chi connectivity index (χ1n) is 10.3. The average Bonchev–Trinajstić information content (AvgIpc) is 2.81. The van der Waals surface area contributed by atoms with Crippen molar-refractivity contribution in [3.05, 3.63) is 60.0 Å². The molecule has 0 fully saturated rings. The fourth-order valence-corrected chi connectivity index (χ4v) is 4.12. The fraction of sp³-hybridized carbons (Fsp3) is 0.292. The van der Waals surface area contributed by atoms with E-state index in [1.54, 1.807) is 18.3 Å². The lowest BCUT2D eigenvalue weighted by Crippen LogP contribution is -2.23. The van der Waals surface area contributed by atoms with Crippen LogP contribution in [0.4, 0.5) is 0 Å². The van der Waals surface area contributed by atoms with Gasteiger partial charge in [-0.15, -0.1) is 6.42 Å². The van der Waals surface area contributed by atoms with Crippen molar-refractivity contribution in [3.8, 4) is 23.8 Å². The Hall–Kier alpha value is -2.34. The van der Waals surface area contributed by atoms with Gasteiger partial charge in [-0.1, -0.05) is 47.3 Å². The van der Waals surface area contributed by atoms with Gasteiger partial charge in [0.2, 0.25) is 0 Å². The van der Waals surface area contributed by atoms with Crippen LogP contribution in [0.15, 0.2) is 43.1 Å². The van der Waals surface area contributed by atoms with Gasteiger partial charge in [0.25, 0.3) is 5.56 Å². The zero-order chi connectivity index (χ0) is 24.1. The Kier molecular flexibility index (Phi) is 8.57. The highest BCUT2D eigenvalue weighted by atomic mass is 79.9. The summed E-state index contributed by atoms with van der Waals surface area (Å²) >= 11 is 13.4. The Morgan fingerprint density at radius 2 is 2.06 bits per heavy atom. The summed E-state index contributed by atoms with van der Waals surface area (Å²) in [4.78, 5) is 18.0. The van der Waals surface area contributed by atoms with E-state index in [1.165, 1.54) is 4.68 Å². The van der Waals surface area contributed by atoms with E-state index in [9.17, 15) is 4.79 Å². The molecular weight excluding hydrogens is 574 g/mol. The minimum Gasteiger partial charge on any atom is -0.490 e. The third kappa shape index (κ3) is 5.43. The molecule has 0 bridgehead atoms. The van der Waals surface area contributed by atoms with Gasteiger partial charge in [0.15, 0.2) is 11.5 Å². The fourth-order valence-electron chi connectivity index (χ4n) is 3.11. The molecule has 0 aliphatic carbocycles. The molecule has 0 unspecified atom stereocenters. The summed E-state index contributed by atoms with van der Waals surface area (Å²) in [6, 6.07) is 7.16. The summed E-state index contributed by atoms with van der Waals surface area (Å²) in [6.07, 6.45) is 7.66. The molecule has 0 amide bonds. The highest BCUT2D eigenvalue weighted by molar-refractivity contribution is 9.10. The topological polar surface area (TPSA) is 65.7 Å². The number of ether oxygens (including phenoxy) is 2. The molecule has 1 heterocycles. The van der Waals surface area contributed by atoms with Gasteiger partial charge in [0.1, 0.15) is 17.5 Å². The summed E-state index contributed by atoms with van der Waals surface area (Å²) in [5.41, 5.74) is 0.977. The van der Waals surface area contributed by atoms with E-state index in [0.717, 1.165) is 10.9 Å². The van der Waals surface area contributed by atoms with Gasteiger partial charge in [-0.3, -0.25) is 4.79 Å². The number of rotatable bonds is 8. The number of halogens is 3. The molecule has 2 aromatic carbocycles. The van der Waals surface area contributed by atoms with Crippen LogP contribution in [-0.2, 0) is 0 Å². The summed E-state index contributed by atoms with van der Waals surface area (Å²) in [7, 11) is 0. The number of benzene rings is 2. The number of nitrogens with zero attached hydrogens (tertiary/aromatic N) is 3. The van der Waals surface area contributed by atoms with Gasteiger partial charge < -0.3 is 9.47 Å². The normalized spacial score (nSPS) is 12.2. The highest BCUT2D eigenvalue weighted by Crippen LogP contribution is 2.42. The van der Waals surface area contributed by atoms with Crippen LogP contribution < -0.4 is 15.0 Å². The van der Waals surface area contributed by atoms with Crippen LogP contribution >= 0.6 is 43.5 Å². The van der Waals surface area contributed by atoms with E-state index < -0.39 is 0 Å². The van der Waals surface area contributed by atoms with E-state index >= 15 is 0 Å². The second-order valence-electron chi connectivity index (χ2n) is 7.15. The number of hydrogen-bond donors (Lipinski definition) is 0. The molecule has 33 heavy (non-hydrogen) atoms. The number of hydrogen-bond acceptors (Lipinski definition) is 5. The Bertz CT molecular complexity index is 1320. The lowest BCUT2D eigenvalue weighted by Gasteiger charge is -2.16. The minimum atomic E-state index is -0.255. The SMILES string of the molecule is C#CCOc1c(OCC)cc(C=Nn2c([C@H](C)CC)nc3ccc(Br)cc3c2=O)c(Br)c1Cl. The maximum atomic E-state index is 13.3. The molecule has 3 aromatic rings.